The van der Waals surface area contributed by atoms with Crippen molar-refractivity contribution in [1.82, 2.24) is 0 Å². The van der Waals surface area contributed by atoms with Gasteiger partial charge in [0.25, 0.3) is 0 Å². The van der Waals surface area contributed by atoms with E-state index in [-0.39, 0.29) is 5.69 Å². The Labute approximate surface area is 104 Å². The van der Waals surface area contributed by atoms with Crippen LogP contribution in [0.25, 0.3) is 0 Å². The molecule has 2 N–H and O–H groups in total. The molecule has 0 saturated carbocycles. The first kappa shape index (κ1) is 14.2. The first-order valence-electron chi connectivity index (χ1n) is 5.34. The summed E-state index contributed by atoms with van der Waals surface area (Å²) in [7, 11) is 0. The Hall–Kier alpha value is -0.840. The second-order valence-corrected chi connectivity index (χ2v) is 5.35. The lowest BCUT2D eigenvalue weighted by Crippen LogP contribution is -2.09. The van der Waals surface area contributed by atoms with Gasteiger partial charge in [0.2, 0.25) is 0 Å². The molecule has 0 aliphatic carbocycles. The van der Waals surface area contributed by atoms with Gasteiger partial charge in [0, 0.05) is 11.4 Å². The maximum Gasteiger partial charge on any atom is 0.416 e. The number of hydrogen-bond donors (Lipinski definition) is 1. The fourth-order valence-electron chi connectivity index (χ4n) is 1.39. The SMILES string of the molecule is CC(C)CSCc1ccc(N)cc1C(F)(F)F. The van der Waals surface area contributed by atoms with Gasteiger partial charge in [-0.25, -0.2) is 0 Å². The predicted molar refractivity (Wildman–Crippen MR) is 66.9 cm³/mol. The predicted octanol–water partition coefficient (Wildman–Crippen LogP) is 4.18. The number of nitrogen functional groups attached to an aromatic ring is 1. The number of halogens is 3. The molecule has 1 aromatic rings. The fraction of sp³-hybridized carbons (Fsp3) is 0.500. The van der Waals surface area contributed by atoms with Crippen LogP contribution in [0.2, 0.25) is 0 Å². The highest BCUT2D eigenvalue weighted by Crippen LogP contribution is 2.34. The maximum atomic E-state index is 12.7. The molecule has 0 amide bonds. The summed E-state index contributed by atoms with van der Waals surface area (Å²) in [5, 5.41) is 0. The number of rotatable bonds is 4. The lowest BCUT2D eigenvalue weighted by atomic mass is 10.1. The van der Waals surface area contributed by atoms with Crippen LogP contribution in [-0.2, 0) is 11.9 Å². The highest BCUT2D eigenvalue weighted by molar-refractivity contribution is 7.98. The van der Waals surface area contributed by atoms with Crippen LogP contribution in [0, 0.1) is 5.92 Å². The molecule has 0 heterocycles. The summed E-state index contributed by atoms with van der Waals surface area (Å²) in [6.07, 6.45) is -4.33. The van der Waals surface area contributed by atoms with E-state index >= 15 is 0 Å². The van der Waals surface area contributed by atoms with Crippen LogP contribution < -0.4 is 5.73 Å². The molecule has 0 aliphatic heterocycles. The number of anilines is 1. The van der Waals surface area contributed by atoms with E-state index in [4.69, 9.17) is 5.73 Å². The molecular weight excluding hydrogens is 247 g/mol. The van der Waals surface area contributed by atoms with Crippen LogP contribution in [0.1, 0.15) is 25.0 Å². The van der Waals surface area contributed by atoms with E-state index in [2.05, 4.69) is 0 Å². The van der Waals surface area contributed by atoms with Gasteiger partial charge in [-0.05, 0) is 29.4 Å². The molecule has 17 heavy (non-hydrogen) atoms. The van der Waals surface area contributed by atoms with Crippen molar-refractivity contribution < 1.29 is 13.2 Å². The molecule has 0 spiro atoms. The van der Waals surface area contributed by atoms with Gasteiger partial charge in [-0.15, -0.1) is 0 Å². The summed E-state index contributed by atoms with van der Waals surface area (Å²) < 4.78 is 38.2. The molecule has 0 aromatic heterocycles. The molecule has 0 radical (unpaired) electrons. The second kappa shape index (κ2) is 5.67. The van der Waals surface area contributed by atoms with E-state index in [0.717, 1.165) is 11.8 Å². The Morgan fingerprint density at radius 2 is 1.94 bits per heavy atom. The highest BCUT2D eigenvalue weighted by Gasteiger charge is 2.33. The largest absolute Gasteiger partial charge is 0.416 e. The standard InChI is InChI=1S/C12H16F3NS/c1-8(2)6-17-7-9-3-4-10(16)5-11(9)12(13,14)15/h3-5,8H,6-7,16H2,1-2H3. The number of alkyl halides is 3. The molecule has 5 heteroatoms. The van der Waals surface area contributed by atoms with Crippen molar-refractivity contribution in [2.75, 3.05) is 11.5 Å². The quantitative estimate of drug-likeness (QED) is 0.825. The van der Waals surface area contributed by atoms with E-state index in [1.807, 2.05) is 13.8 Å². The van der Waals surface area contributed by atoms with Gasteiger partial charge >= 0.3 is 6.18 Å². The Kier molecular flexibility index (Phi) is 4.74. The molecule has 0 saturated heterocycles. The van der Waals surface area contributed by atoms with Crippen LogP contribution in [0.5, 0.6) is 0 Å². The summed E-state index contributed by atoms with van der Waals surface area (Å²) in [5.41, 5.74) is 5.23. The molecule has 0 bridgehead atoms. The molecule has 96 valence electrons. The minimum atomic E-state index is -4.33. The third kappa shape index (κ3) is 4.50. The monoisotopic (exact) mass is 263 g/mol. The Morgan fingerprint density at radius 1 is 1.29 bits per heavy atom. The first-order valence-corrected chi connectivity index (χ1v) is 6.49. The number of hydrogen-bond acceptors (Lipinski definition) is 2. The molecule has 0 aliphatic rings. The molecule has 0 atom stereocenters. The van der Waals surface area contributed by atoms with Crippen molar-refractivity contribution in [3.63, 3.8) is 0 Å². The maximum absolute atomic E-state index is 12.7. The highest BCUT2D eigenvalue weighted by atomic mass is 32.2. The van der Waals surface area contributed by atoms with Crippen LogP contribution >= 0.6 is 11.8 Å². The summed E-state index contributed by atoms with van der Waals surface area (Å²) in [5.74, 6) is 1.69. The molecule has 1 nitrogen and oxygen atoms in total. The van der Waals surface area contributed by atoms with E-state index in [0.29, 0.717) is 17.2 Å². The Morgan fingerprint density at radius 3 is 2.47 bits per heavy atom. The summed E-state index contributed by atoms with van der Waals surface area (Å²) >= 11 is 1.51. The van der Waals surface area contributed by atoms with Crippen LogP contribution in [-0.4, -0.2) is 5.75 Å². The third-order valence-corrected chi connectivity index (χ3v) is 3.57. The summed E-state index contributed by atoms with van der Waals surface area (Å²) in [6, 6.07) is 3.98. The average Bonchev–Trinajstić information content (AvgIpc) is 2.18. The average molecular weight is 263 g/mol. The molecule has 0 unspecified atom stereocenters. The van der Waals surface area contributed by atoms with Crippen molar-refractivity contribution in [3.05, 3.63) is 29.3 Å². The Balaban J connectivity index is 2.84. The van der Waals surface area contributed by atoms with Crippen molar-refractivity contribution in [1.29, 1.82) is 0 Å². The van der Waals surface area contributed by atoms with E-state index in [1.54, 1.807) is 0 Å². The summed E-state index contributed by atoms with van der Waals surface area (Å²) in [4.78, 5) is 0. The van der Waals surface area contributed by atoms with Crippen molar-refractivity contribution in [3.8, 4) is 0 Å². The third-order valence-electron chi connectivity index (χ3n) is 2.15. The molecule has 1 rings (SSSR count). The zero-order valence-electron chi connectivity index (χ0n) is 9.84. The lowest BCUT2D eigenvalue weighted by Gasteiger charge is -2.13. The van der Waals surface area contributed by atoms with E-state index in [1.165, 1.54) is 23.9 Å². The zero-order valence-corrected chi connectivity index (χ0v) is 10.7. The normalized spacial score (nSPS) is 12.1. The molecule has 0 fully saturated rings. The van der Waals surface area contributed by atoms with Gasteiger partial charge in [0.05, 0.1) is 5.56 Å². The molecular formula is C12H16F3NS. The van der Waals surface area contributed by atoms with Gasteiger partial charge < -0.3 is 5.73 Å². The fourth-order valence-corrected chi connectivity index (χ4v) is 2.45. The summed E-state index contributed by atoms with van der Waals surface area (Å²) in [6.45, 7) is 4.08. The lowest BCUT2D eigenvalue weighted by molar-refractivity contribution is -0.138. The van der Waals surface area contributed by atoms with Crippen LogP contribution in [0.4, 0.5) is 18.9 Å². The molecule has 1 aromatic carbocycles. The van der Waals surface area contributed by atoms with Crippen molar-refractivity contribution >= 4 is 17.4 Å². The first-order chi connectivity index (χ1) is 7.80. The van der Waals surface area contributed by atoms with Crippen LogP contribution in [0.3, 0.4) is 0 Å². The van der Waals surface area contributed by atoms with Gasteiger partial charge in [-0.1, -0.05) is 19.9 Å². The number of benzene rings is 1. The smallest absolute Gasteiger partial charge is 0.399 e. The van der Waals surface area contributed by atoms with Gasteiger partial charge in [0.15, 0.2) is 0 Å². The number of nitrogens with two attached hydrogens (primary N) is 1. The van der Waals surface area contributed by atoms with Gasteiger partial charge in [0.1, 0.15) is 0 Å². The minimum absolute atomic E-state index is 0.148. The van der Waals surface area contributed by atoms with Crippen molar-refractivity contribution in [2.45, 2.75) is 25.8 Å². The number of thioether (sulfide) groups is 1. The van der Waals surface area contributed by atoms with Crippen LogP contribution in [0.15, 0.2) is 18.2 Å². The minimum Gasteiger partial charge on any atom is -0.399 e. The topological polar surface area (TPSA) is 26.0 Å². The zero-order chi connectivity index (χ0) is 13.1. The van der Waals surface area contributed by atoms with E-state index in [9.17, 15) is 13.2 Å². The second-order valence-electron chi connectivity index (χ2n) is 4.32. The van der Waals surface area contributed by atoms with Crippen molar-refractivity contribution in [2.24, 2.45) is 5.92 Å². The Bertz CT molecular complexity index is 375. The van der Waals surface area contributed by atoms with Gasteiger partial charge in [-0.2, -0.15) is 24.9 Å². The van der Waals surface area contributed by atoms with Gasteiger partial charge in [-0.3, -0.25) is 0 Å². The van der Waals surface area contributed by atoms with E-state index < -0.39 is 11.7 Å².